The fraction of sp³-hybridized carbons (Fsp3) is 0.545. The van der Waals surface area contributed by atoms with Crippen LogP contribution in [0.3, 0.4) is 0 Å². The van der Waals surface area contributed by atoms with Crippen LogP contribution in [0.1, 0.15) is 26.7 Å². The standard InChI is InChI=1S/C11H17NO/c1-4-5-6-7-8-11(13)12-9-10(2)3/h1,7-8,10H,5-6,9H2,2-3H3,(H,12,13). The molecule has 0 atom stereocenters. The summed E-state index contributed by atoms with van der Waals surface area (Å²) >= 11 is 0. The Morgan fingerprint density at radius 2 is 2.31 bits per heavy atom. The lowest BCUT2D eigenvalue weighted by molar-refractivity contribution is -0.116. The molecule has 0 aliphatic heterocycles. The molecule has 0 saturated heterocycles. The van der Waals surface area contributed by atoms with E-state index in [4.69, 9.17) is 6.42 Å². The molecule has 1 N–H and O–H groups in total. The maximum Gasteiger partial charge on any atom is 0.243 e. The number of nitrogens with one attached hydrogen (secondary N) is 1. The molecule has 0 aromatic carbocycles. The van der Waals surface area contributed by atoms with Crippen molar-refractivity contribution in [3.05, 3.63) is 12.2 Å². The summed E-state index contributed by atoms with van der Waals surface area (Å²) in [5, 5.41) is 2.78. The molecule has 0 fully saturated rings. The van der Waals surface area contributed by atoms with Crippen LogP contribution < -0.4 is 5.32 Å². The fourth-order valence-electron chi connectivity index (χ4n) is 0.721. The second-order valence-electron chi connectivity index (χ2n) is 3.28. The molecular formula is C11H17NO. The number of terminal acetylenes is 1. The van der Waals surface area contributed by atoms with E-state index in [1.807, 2.05) is 0 Å². The van der Waals surface area contributed by atoms with Crippen LogP contribution in [0.2, 0.25) is 0 Å². The number of carbonyl (C=O) groups excluding carboxylic acids is 1. The smallest absolute Gasteiger partial charge is 0.243 e. The van der Waals surface area contributed by atoms with Gasteiger partial charge in [-0.25, -0.2) is 0 Å². The van der Waals surface area contributed by atoms with E-state index < -0.39 is 0 Å². The number of hydrogen-bond donors (Lipinski definition) is 1. The zero-order chi connectivity index (χ0) is 10.1. The molecule has 13 heavy (non-hydrogen) atoms. The number of carbonyl (C=O) groups is 1. The third-order valence-electron chi connectivity index (χ3n) is 1.41. The zero-order valence-corrected chi connectivity index (χ0v) is 8.34. The highest BCUT2D eigenvalue weighted by Gasteiger charge is 1.95. The molecule has 0 aromatic heterocycles. The monoisotopic (exact) mass is 179 g/mol. The summed E-state index contributed by atoms with van der Waals surface area (Å²) in [6.45, 7) is 4.84. The van der Waals surface area contributed by atoms with Crippen molar-refractivity contribution in [3.63, 3.8) is 0 Å². The van der Waals surface area contributed by atoms with Crippen LogP contribution in [-0.2, 0) is 4.79 Å². The normalized spacial score (nSPS) is 10.3. The molecule has 0 radical (unpaired) electrons. The molecule has 0 unspecified atom stereocenters. The van der Waals surface area contributed by atoms with Gasteiger partial charge in [0, 0.05) is 13.0 Å². The van der Waals surface area contributed by atoms with Crippen LogP contribution in [0.5, 0.6) is 0 Å². The zero-order valence-electron chi connectivity index (χ0n) is 8.34. The predicted octanol–water partition coefficient (Wildman–Crippen LogP) is 1.73. The second kappa shape index (κ2) is 7.42. The van der Waals surface area contributed by atoms with E-state index in [0.717, 1.165) is 13.0 Å². The number of rotatable bonds is 5. The molecule has 72 valence electrons. The first-order valence-electron chi connectivity index (χ1n) is 4.54. The summed E-state index contributed by atoms with van der Waals surface area (Å²) in [7, 11) is 0. The second-order valence-corrected chi connectivity index (χ2v) is 3.28. The highest BCUT2D eigenvalue weighted by molar-refractivity contribution is 5.87. The van der Waals surface area contributed by atoms with Gasteiger partial charge in [-0.2, -0.15) is 0 Å². The van der Waals surface area contributed by atoms with Crippen LogP contribution >= 0.6 is 0 Å². The Balaban J connectivity index is 3.51. The summed E-state index contributed by atoms with van der Waals surface area (Å²) in [5.41, 5.74) is 0. The van der Waals surface area contributed by atoms with Crippen molar-refractivity contribution < 1.29 is 4.79 Å². The van der Waals surface area contributed by atoms with Gasteiger partial charge in [-0.1, -0.05) is 19.9 Å². The van der Waals surface area contributed by atoms with Crippen molar-refractivity contribution >= 4 is 5.91 Å². The highest BCUT2D eigenvalue weighted by Crippen LogP contribution is 1.90. The Morgan fingerprint density at radius 1 is 1.62 bits per heavy atom. The molecule has 0 saturated carbocycles. The molecule has 0 heterocycles. The first-order valence-corrected chi connectivity index (χ1v) is 4.54. The number of allylic oxidation sites excluding steroid dienone is 1. The number of hydrogen-bond acceptors (Lipinski definition) is 1. The van der Waals surface area contributed by atoms with Gasteiger partial charge in [0.05, 0.1) is 0 Å². The quantitative estimate of drug-likeness (QED) is 0.388. The molecule has 0 bridgehead atoms. The first-order chi connectivity index (χ1) is 6.16. The average Bonchev–Trinajstić information content (AvgIpc) is 2.09. The van der Waals surface area contributed by atoms with Crippen molar-refractivity contribution in [1.29, 1.82) is 0 Å². The van der Waals surface area contributed by atoms with E-state index in [1.165, 1.54) is 0 Å². The van der Waals surface area contributed by atoms with Gasteiger partial charge in [0.2, 0.25) is 5.91 Å². The lowest BCUT2D eigenvalue weighted by atomic mass is 10.2. The van der Waals surface area contributed by atoms with Crippen LogP contribution in [-0.4, -0.2) is 12.5 Å². The van der Waals surface area contributed by atoms with Crippen LogP contribution in [0.25, 0.3) is 0 Å². The van der Waals surface area contributed by atoms with Gasteiger partial charge in [-0.15, -0.1) is 12.3 Å². The molecular weight excluding hydrogens is 162 g/mol. The molecule has 0 aromatic rings. The highest BCUT2D eigenvalue weighted by atomic mass is 16.1. The number of unbranched alkanes of at least 4 members (excludes halogenated alkanes) is 1. The molecule has 2 nitrogen and oxygen atoms in total. The Hall–Kier alpha value is -1.23. The van der Waals surface area contributed by atoms with Crippen LogP contribution in [0, 0.1) is 18.3 Å². The topological polar surface area (TPSA) is 29.1 Å². The van der Waals surface area contributed by atoms with E-state index in [2.05, 4.69) is 25.1 Å². The minimum Gasteiger partial charge on any atom is -0.352 e. The molecule has 0 aliphatic carbocycles. The SMILES string of the molecule is C#CCCC=CC(=O)NCC(C)C. The van der Waals surface area contributed by atoms with Crippen molar-refractivity contribution in [1.82, 2.24) is 5.32 Å². The van der Waals surface area contributed by atoms with E-state index in [-0.39, 0.29) is 5.91 Å². The molecule has 0 aliphatic rings. The van der Waals surface area contributed by atoms with E-state index >= 15 is 0 Å². The van der Waals surface area contributed by atoms with Gasteiger partial charge >= 0.3 is 0 Å². The van der Waals surface area contributed by atoms with E-state index in [9.17, 15) is 4.79 Å². The lowest BCUT2D eigenvalue weighted by Crippen LogP contribution is -2.25. The van der Waals surface area contributed by atoms with Crippen LogP contribution in [0.15, 0.2) is 12.2 Å². The maximum atomic E-state index is 11.1. The minimum absolute atomic E-state index is 0.0364. The third kappa shape index (κ3) is 8.68. The summed E-state index contributed by atoms with van der Waals surface area (Å²) in [4.78, 5) is 11.1. The Kier molecular flexibility index (Phi) is 6.72. The summed E-state index contributed by atoms with van der Waals surface area (Å²) in [5.74, 6) is 2.96. The Morgan fingerprint density at radius 3 is 2.85 bits per heavy atom. The molecule has 2 heteroatoms. The fourth-order valence-corrected chi connectivity index (χ4v) is 0.721. The van der Waals surface area contributed by atoms with E-state index in [1.54, 1.807) is 12.2 Å². The van der Waals surface area contributed by atoms with Crippen LogP contribution in [0.4, 0.5) is 0 Å². The molecule has 1 amide bonds. The van der Waals surface area contributed by atoms with Crippen molar-refractivity contribution in [3.8, 4) is 12.3 Å². The van der Waals surface area contributed by atoms with Gasteiger partial charge in [-0.05, 0) is 18.4 Å². The average molecular weight is 179 g/mol. The van der Waals surface area contributed by atoms with Gasteiger partial charge in [0.1, 0.15) is 0 Å². The largest absolute Gasteiger partial charge is 0.352 e. The summed E-state index contributed by atoms with van der Waals surface area (Å²) < 4.78 is 0. The Labute approximate surface area is 80.4 Å². The van der Waals surface area contributed by atoms with Crippen molar-refractivity contribution in [2.75, 3.05) is 6.54 Å². The van der Waals surface area contributed by atoms with Gasteiger partial charge in [0.25, 0.3) is 0 Å². The van der Waals surface area contributed by atoms with Gasteiger partial charge in [0.15, 0.2) is 0 Å². The summed E-state index contributed by atoms with van der Waals surface area (Å²) in [6, 6.07) is 0. The predicted molar refractivity (Wildman–Crippen MR) is 55.1 cm³/mol. The number of amides is 1. The third-order valence-corrected chi connectivity index (χ3v) is 1.41. The van der Waals surface area contributed by atoms with Crippen molar-refractivity contribution in [2.24, 2.45) is 5.92 Å². The molecule has 0 spiro atoms. The van der Waals surface area contributed by atoms with E-state index in [0.29, 0.717) is 12.3 Å². The molecule has 0 rings (SSSR count). The van der Waals surface area contributed by atoms with Gasteiger partial charge in [-0.3, -0.25) is 4.79 Å². The summed E-state index contributed by atoms with van der Waals surface area (Å²) in [6.07, 6.45) is 9.86. The van der Waals surface area contributed by atoms with Gasteiger partial charge < -0.3 is 5.32 Å². The Bertz CT molecular complexity index is 211. The minimum atomic E-state index is -0.0364. The maximum absolute atomic E-state index is 11.1. The first kappa shape index (κ1) is 11.8. The lowest BCUT2D eigenvalue weighted by Gasteiger charge is -2.03. The van der Waals surface area contributed by atoms with Crippen molar-refractivity contribution in [2.45, 2.75) is 26.7 Å².